The summed E-state index contributed by atoms with van der Waals surface area (Å²) in [6, 6.07) is 6.64. The second-order valence-electron chi connectivity index (χ2n) is 4.37. The molecule has 3 nitrogen and oxygen atoms in total. The standard InChI is InChI=1S/C12H17N3/c1-14-7-8-15-6-5-13-9-10-3-2-4-11(14)12(10)15/h2-4,13H,5-9H2,1H3. The molecule has 0 spiro atoms. The van der Waals surface area contributed by atoms with E-state index in [-0.39, 0.29) is 0 Å². The Morgan fingerprint density at radius 3 is 3.07 bits per heavy atom. The quantitative estimate of drug-likeness (QED) is 0.680. The van der Waals surface area contributed by atoms with Gasteiger partial charge in [-0.3, -0.25) is 0 Å². The smallest absolute Gasteiger partial charge is 0.0650 e. The molecule has 0 atom stereocenters. The molecule has 2 heterocycles. The SMILES string of the molecule is CN1CCN2CCNCc3cccc1c32. The lowest BCUT2D eigenvalue weighted by Gasteiger charge is -2.37. The molecule has 1 aromatic carbocycles. The van der Waals surface area contributed by atoms with Gasteiger partial charge in [-0.25, -0.2) is 0 Å². The van der Waals surface area contributed by atoms with Crippen molar-refractivity contribution >= 4 is 11.4 Å². The fourth-order valence-corrected chi connectivity index (χ4v) is 2.56. The highest BCUT2D eigenvalue weighted by Crippen LogP contribution is 2.35. The van der Waals surface area contributed by atoms with E-state index in [4.69, 9.17) is 0 Å². The Balaban J connectivity index is 2.15. The van der Waals surface area contributed by atoms with Gasteiger partial charge in [0.25, 0.3) is 0 Å². The number of para-hydroxylation sites is 1. The zero-order chi connectivity index (χ0) is 10.3. The van der Waals surface area contributed by atoms with Crippen molar-refractivity contribution in [3.05, 3.63) is 23.8 Å². The number of benzene rings is 1. The van der Waals surface area contributed by atoms with Gasteiger partial charge in [0, 0.05) is 39.8 Å². The molecular weight excluding hydrogens is 186 g/mol. The van der Waals surface area contributed by atoms with Crippen molar-refractivity contribution in [2.24, 2.45) is 0 Å². The lowest BCUT2D eigenvalue weighted by atomic mass is 10.1. The van der Waals surface area contributed by atoms with Crippen LogP contribution in [0.5, 0.6) is 0 Å². The van der Waals surface area contributed by atoms with Gasteiger partial charge < -0.3 is 15.1 Å². The highest BCUT2D eigenvalue weighted by Gasteiger charge is 2.24. The number of hydrogen-bond donors (Lipinski definition) is 1. The highest BCUT2D eigenvalue weighted by atomic mass is 15.3. The summed E-state index contributed by atoms with van der Waals surface area (Å²) in [6.45, 7) is 5.53. The van der Waals surface area contributed by atoms with E-state index in [2.05, 4.69) is 40.4 Å². The van der Waals surface area contributed by atoms with Crippen molar-refractivity contribution in [2.75, 3.05) is 43.0 Å². The van der Waals surface area contributed by atoms with Gasteiger partial charge in [-0.05, 0) is 11.6 Å². The Hall–Kier alpha value is -1.22. The zero-order valence-corrected chi connectivity index (χ0v) is 9.16. The van der Waals surface area contributed by atoms with Crippen molar-refractivity contribution in [2.45, 2.75) is 6.54 Å². The molecule has 2 aliphatic heterocycles. The van der Waals surface area contributed by atoms with Crippen molar-refractivity contribution < 1.29 is 0 Å². The summed E-state index contributed by atoms with van der Waals surface area (Å²) in [6.07, 6.45) is 0. The van der Waals surface area contributed by atoms with Gasteiger partial charge in [0.15, 0.2) is 0 Å². The molecule has 0 saturated heterocycles. The van der Waals surface area contributed by atoms with Crippen LogP contribution in [0.25, 0.3) is 0 Å². The first-order valence-corrected chi connectivity index (χ1v) is 5.65. The van der Waals surface area contributed by atoms with Gasteiger partial charge in [-0.1, -0.05) is 12.1 Å². The molecule has 0 aliphatic carbocycles. The molecule has 0 aromatic heterocycles. The molecule has 3 rings (SSSR count). The van der Waals surface area contributed by atoms with Gasteiger partial charge in [0.1, 0.15) is 0 Å². The monoisotopic (exact) mass is 203 g/mol. The van der Waals surface area contributed by atoms with Crippen LogP contribution in [-0.4, -0.2) is 33.2 Å². The van der Waals surface area contributed by atoms with Crippen LogP contribution < -0.4 is 15.1 Å². The van der Waals surface area contributed by atoms with Gasteiger partial charge in [0.2, 0.25) is 0 Å². The molecule has 80 valence electrons. The predicted octanol–water partition coefficient (Wildman–Crippen LogP) is 1.05. The van der Waals surface area contributed by atoms with E-state index in [1.54, 1.807) is 0 Å². The van der Waals surface area contributed by atoms with Gasteiger partial charge in [0.05, 0.1) is 11.4 Å². The van der Waals surface area contributed by atoms with Crippen LogP contribution in [0.15, 0.2) is 18.2 Å². The molecule has 1 aromatic rings. The first-order chi connectivity index (χ1) is 7.36. The Bertz CT molecular complexity index is 375. The molecule has 0 unspecified atom stereocenters. The third kappa shape index (κ3) is 1.38. The lowest BCUT2D eigenvalue weighted by Crippen LogP contribution is -2.40. The maximum Gasteiger partial charge on any atom is 0.0650 e. The van der Waals surface area contributed by atoms with Crippen LogP contribution in [0, 0.1) is 0 Å². The molecule has 0 bridgehead atoms. The number of anilines is 2. The Morgan fingerprint density at radius 1 is 1.20 bits per heavy atom. The number of nitrogens with one attached hydrogen (secondary N) is 1. The Morgan fingerprint density at radius 2 is 2.13 bits per heavy atom. The number of hydrogen-bond acceptors (Lipinski definition) is 3. The zero-order valence-electron chi connectivity index (χ0n) is 9.16. The first-order valence-electron chi connectivity index (χ1n) is 5.65. The van der Waals surface area contributed by atoms with Gasteiger partial charge in [-0.2, -0.15) is 0 Å². The predicted molar refractivity (Wildman–Crippen MR) is 63.6 cm³/mol. The van der Waals surface area contributed by atoms with E-state index in [0.29, 0.717) is 0 Å². The average Bonchev–Trinajstić information content (AvgIpc) is 2.47. The fraction of sp³-hybridized carbons (Fsp3) is 0.500. The summed E-state index contributed by atoms with van der Waals surface area (Å²) in [5, 5.41) is 3.48. The van der Waals surface area contributed by atoms with Crippen LogP contribution in [0.3, 0.4) is 0 Å². The lowest BCUT2D eigenvalue weighted by molar-refractivity contribution is 0.679. The third-order valence-electron chi connectivity index (χ3n) is 3.41. The molecule has 1 N–H and O–H groups in total. The minimum Gasteiger partial charge on any atom is -0.371 e. The molecule has 15 heavy (non-hydrogen) atoms. The first kappa shape index (κ1) is 9.04. The molecule has 2 aliphatic rings. The van der Waals surface area contributed by atoms with Crippen molar-refractivity contribution in [1.82, 2.24) is 5.32 Å². The molecule has 0 saturated carbocycles. The Labute approximate surface area is 90.7 Å². The second-order valence-corrected chi connectivity index (χ2v) is 4.37. The van der Waals surface area contributed by atoms with Crippen LogP contribution in [0.2, 0.25) is 0 Å². The molecule has 0 fully saturated rings. The molecule has 0 radical (unpaired) electrons. The normalized spacial score (nSPS) is 19.8. The fourth-order valence-electron chi connectivity index (χ4n) is 2.56. The van der Waals surface area contributed by atoms with E-state index in [1.165, 1.54) is 16.9 Å². The Kier molecular flexibility index (Phi) is 2.06. The summed E-state index contributed by atoms with van der Waals surface area (Å²) in [5.74, 6) is 0. The summed E-state index contributed by atoms with van der Waals surface area (Å²) in [4.78, 5) is 4.88. The second kappa shape index (κ2) is 3.42. The van der Waals surface area contributed by atoms with E-state index in [0.717, 1.165) is 32.7 Å². The van der Waals surface area contributed by atoms with Crippen molar-refractivity contribution in [1.29, 1.82) is 0 Å². The van der Waals surface area contributed by atoms with Gasteiger partial charge in [-0.15, -0.1) is 0 Å². The summed E-state index contributed by atoms with van der Waals surface area (Å²) >= 11 is 0. The third-order valence-corrected chi connectivity index (χ3v) is 3.41. The maximum absolute atomic E-state index is 3.48. The molecular formula is C12H17N3. The number of rotatable bonds is 0. The van der Waals surface area contributed by atoms with Crippen LogP contribution in [-0.2, 0) is 6.54 Å². The van der Waals surface area contributed by atoms with Crippen molar-refractivity contribution in [3.8, 4) is 0 Å². The van der Waals surface area contributed by atoms with E-state index in [9.17, 15) is 0 Å². The number of nitrogens with zero attached hydrogens (tertiary/aromatic N) is 2. The maximum atomic E-state index is 3.48. The van der Waals surface area contributed by atoms with E-state index < -0.39 is 0 Å². The van der Waals surface area contributed by atoms with Crippen LogP contribution in [0.4, 0.5) is 11.4 Å². The topological polar surface area (TPSA) is 18.5 Å². The molecule has 3 heteroatoms. The van der Waals surface area contributed by atoms with Crippen LogP contribution >= 0.6 is 0 Å². The summed E-state index contributed by atoms with van der Waals surface area (Å²) in [5.41, 5.74) is 4.29. The molecule has 0 amide bonds. The minimum atomic E-state index is 1.01. The average molecular weight is 203 g/mol. The largest absolute Gasteiger partial charge is 0.371 e. The van der Waals surface area contributed by atoms with E-state index >= 15 is 0 Å². The minimum absolute atomic E-state index is 1.01. The summed E-state index contributed by atoms with van der Waals surface area (Å²) in [7, 11) is 2.19. The van der Waals surface area contributed by atoms with E-state index in [1.807, 2.05) is 0 Å². The van der Waals surface area contributed by atoms with Gasteiger partial charge >= 0.3 is 0 Å². The number of likely N-dealkylation sites (N-methyl/N-ethyl adjacent to an activating group) is 1. The summed E-state index contributed by atoms with van der Waals surface area (Å²) < 4.78 is 0. The van der Waals surface area contributed by atoms with Crippen LogP contribution in [0.1, 0.15) is 5.56 Å². The highest BCUT2D eigenvalue weighted by molar-refractivity contribution is 5.76. The van der Waals surface area contributed by atoms with Crippen molar-refractivity contribution in [3.63, 3.8) is 0 Å².